The highest BCUT2D eigenvalue weighted by Gasteiger charge is 2.01. The van der Waals surface area contributed by atoms with Crippen molar-refractivity contribution in [2.24, 2.45) is 0 Å². The van der Waals surface area contributed by atoms with E-state index in [2.05, 4.69) is 34.4 Å². The van der Waals surface area contributed by atoms with Crippen molar-refractivity contribution >= 4 is 20.8 Å². The van der Waals surface area contributed by atoms with Crippen molar-refractivity contribution in [2.45, 2.75) is 26.2 Å². The van der Waals surface area contributed by atoms with Crippen LogP contribution in [0.1, 0.15) is 26.2 Å². The van der Waals surface area contributed by atoms with Crippen molar-refractivity contribution in [3.8, 4) is 0 Å². The molecule has 12 heavy (non-hydrogen) atoms. The van der Waals surface area contributed by atoms with Crippen LogP contribution < -0.4 is 0 Å². The van der Waals surface area contributed by atoms with Gasteiger partial charge in [-0.2, -0.15) is 0 Å². The van der Waals surface area contributed by atoms with Crippen LogP contribution >= 0.6 is 20.8 Å². The van der Waals surface area contributed by atoms with Crippen LogP contribution in [0.25, 0.3) is 0 Å². The molecule has 0 aliphatic heterocycles. The summed E-state index contributed by atoms with van der Waals surface area (Å²) >= 11 is 6.04. The molecule has 1 aliphatic carbocycles. The van der Waals surface area contributed by atoms with Gasteiger partial charge in [0.2, 0.25) is 0 Å². The van der Waals surface area contributed by atoms with Gasteiger partial charge in [-0.1, -0.05) is 37.1 Å². The monoisotopic (exact) mass is 200 g/mol. The van der Waals surface area contributed by atoms with Crippen LogP contribution in [0, 0.1) is 0 Å². The van der Waals surface area contributed by atoms with Gasteiger partial charge >= 0.3 is 0 Å². The van der Waals surface area contributed by atoms with Crippen LogP contribution in [0.15, 0.2) is 34.1 Å². The molecule has 66 valence electrons. The van der Waals surface area contributed by atoms with E-state index >= 15 is 0 Å². The van der Waals surface area contributed by atoms with Gasteiger partial charge in [0.1, 0.15) is 0 Å². The Balaban J connectivity index is 2.81. The van der Waals surface area contributed by atoms with Crippen LogP contribution in [-0.4, -0.2) is 0 Å². The summed E-state index contributed by atoms with van der Waals surface area (Å²) in [6.07, 6.45) is 9.64. The fraction of sp³-hybridized carbons (Fsp3) is 0.400. The van der Waals surface area contributed by atoms with Crippen molar-refractivity contribution in [1.29, 1.82) is 0 Å². The first kappa shape index (κ1) is 10.0. The Morgan fingerprint density at radius 1 is 1.58 bits per heavy atom. The predicted molar refractivity (Wildman–Crippen MR) is 59.3 cm³/mol. The van der Waals surface area contributed by atoms with Gasteiger partial charge in [0.25, 0.3) is 0 Å². The molecular formula is C10H14ClP. The molecule has 1 atom stereocenters. The number of hydrogen-bond acceptors (Lipinski definition) is 0. The molecule has 0 saturated carbocycles. The second-order valence-corrected chi connectivity index (χ2v) is 4.05. The molecule has 0 N–H and O–H groups in total. The Hall–Kier alpha value is -0.0600. The molecule has 0 aromatic rings. The molecule has 0 fully saturated rings. The summed E-state index contributed by atoms with van der Waals surface area (Å²) in [5, 5.41) is 2.06. The highest BCUT2D eigenvalue weighted by atomic mass is 35.5. The third-order valence-electron chi connectivity index (χ3n) is 1.83. The van der Waals surface area contributed by atoms with E-state index in [0.29, 0.717) is 0 Å². The minimum absolute atomic E-state index is 0.883. The average Bonchev–Trinajstić information content (AvgIpc) is 2.16. The summed E-state index contributed by atoms with van der Waals surface area (Å²) in [6.45, 7) is 2.18. The molecule has 1 aliphatic rings. The Kier molecular flexibility index (Phi) is 4.05. The lowest BCUT2D eigenvalue weighted by Crippen LogP contribution is -1.76. The minimum atomic E-state index is 0.883. The second kappa shape index (κ2) is 4.84. The summed E-state index contributed by atoms with van der Waals surface area (Å²) in [4.78, 5) is 0. The fourth-order valence-electron chi connectivity index (χ4n) is 1.18. The average molecular weight is 201 g/mol. The number of halogens is 1. The number of rotatable bonds is 2. The van der Waals surface area contributed by atoms with E-state index in [0.717, 1.165) is 17.9 Å². The zero-order valence-corrected chi connectivity index (χ0v) is 9.22. The molecule has 0 spiro atoms. The lowest BCUT2D eigenvalue weighted by Gasteiger charge is -1.97. The second-order valence-electron chi connectivity index (χ2n) is 2.95. The Labute approximate surface area is 81.6 Å². The van der Waals surface area contributed by atoms with E-state index < -0.39 is 0 Å². The molecular weight excluding hydrogens is 187 g/mol. The van der Waals surface area contributed by atoms with Gasteiger partial charge in [-0.15, -0.1) is 9.24 Å². The molecule has 0 saturated heterocycles. The van der Waals surface area contributed by atoms with Crippen molar-refractivity contribution in [3.63, 3.8) is 0 Å². The van der Waals surface area contributed by atoms with Crippen molar-refractivity contribution in [3.05, 3.63) is 34.1 Å². The van der Waals surface area contributed by atoms with E-state index in [1.165, 1.54) is 17.3 Å². The molecule has 0 heterocycles. The molecule has 0 nitrogen and oxygen atoms in total. The predicted octanol–water partition coefficient (Wildman–Crippen LogP) is 4.00. The quantitative estimate of drug-likeness (QED) is 0.591. The molecule has 2 heteroatoms. The Morgan fingerprint density at radius 3 is 3.00 bits per heavy atom. The largest absolute Gasteiger partial charge is 0.108 e. The van der Waals surface area contributed by atoms with Crippen molar-refractivity contribution in [1.82, 2.24) is 0 Å². The van der Waals surface area contributed by atoms with Crippen LogP contribution in [0.3, 0.4) is 0 Å². The van der Waals surface area contributed by atoms with Gasteiger partial charge in [-0.3, -0.25) is 0 Å². The summed E-state index contributed by atoms with van der Waals surface area (Å²) in [5.41, 5.74) is 1.33. The zero-order chi connectivity index (χ0) is 8.97. The minimum Gasteiger partial charge on any atom is -0.108 e. The molecule has 0 radical (unpaired) electrons. The fourth-order valence-corrected chi connectivity index (χ4v) is 1.62. The summed E-state index contributed by atoms with van der Waals surface area (Å²) < 4.78 is 0. The third kappa shape index (κ3) is 2.77. The maximum absolute atomic E-state index is 6.04. The lowest BCUT2D eigenvalue weighted by molar-refractivity contribution is 0.926. The number of hydrogen-bond donors (Lipinski definition) is 0. The molecule has 0 amide bonds. The van der Waals surface area contributed by atoms with E-state index in [4.69, 9.17) is 11.6 Å². The van der Waals surface area contributed by atoms with Crippen molar-refractivity contribution in [2.75, 3.05) is 0 Å². The van der Waals surface area contributed by atoms with Gasteiger partial charge in [-0.25, -0.2) is 0 Å². The van der Waals surface area contributed by atoms with E-state index in [9.17, 15) is 0 Å². The van der Waals surface area contributed by atoms with Gasteiger partial charge in [-0.05, 0) is 29.8 Å². The number of allylic oxidation sites excluding steroid dienone is 6. The molecule has 1 rings (SSSR count). The first-order valence-electron chi connectivity index (χ1n) is 4.25. The summed E-state index contributed by atoms with van der Waals surface area (Å²) in [6, 6.07) is 0. The van der Waals surface area contributed by atoms with Crippen LogP contribution in [-0.2, 0) is 0 Å². The lowest BCUT2D eigenvalue weighted by atomic mass is 10.1. The summed E-state index contributed by atoms with van der Waals surface area (Å²) in [5.74, 6) is 0. The molecule has 0 aromatic heterocycles. The van der Waals surface area contributed by atoms with E-state index in [1.807, 2.05) is 0 Å². The standard InChI is InChI=1S/C10H14ClP/c1-2-4-8-5-3-6-10(12)9(11)7-8/h3,5,7H,2,4,6,12H2,1H3. The molecule has 0 bridgehead atoms. The van der Waals surface area contributed by atoms with Gasteiger partial charge in [0.15, 0.2) is 0 Å². The topological polar surface area (TPSA) is 0 Å². The SMILES string of the molecule is CCCC1=CC(Cl)=C(P)CC=C1. The van der Waals surface area contributed by atoms with Gasteiger partial charge < -0.3 is 0 Å². The zero-order valence-electron chi connectivity index (χ0n) is 7.31. The van der Waals surface area contributed by atoms with Crippen LogP contribution in [0.4, 0.5) is 0 Å². The molecule has 1 unspecified atom stereocenters. The highest BCUT2D eigenvalue weighted by molar-refractivity contribution is 7.22. The van der Waals surface area contributed by atoms with E-state index in [1.54, 1.807) is 0 Å². The van der Waals surface area contributed by atoms with E-state index in [-0.39, 0.29) is 0 Å². The molecule has 0 aromatic carbocycles. The first-order valence-corrected chi connectivity index (χ1v) is 5.20. The third-order valence-corrected chi connectivity index (χ3v) is 2.91. The maximum atomic E-state index is 6.04. The normalized spacial score (nSPS) is 17.8. The Morgan fingerprint density at radius 2 is 2.33 bits per heavy atom. The smallest absolute Gasteiger partial charge is 0.0443 e. The van der Waals surface area contributed by atoms with Gasteiger partial charge in [0.05, 0.1) is 0 Å². The van der Waals surface area contributed by atoms with Gasteiger partial charge in [0, 0.05) is 5.03 Å². The summed E-state index contributed by atoms with van der Waals surface area (Å²) in [7, 11) is 2.68. The first-order chi connectivity index (χ1) is 5.74. The Bertz CT molecular complexity index is 249. The van der Waals surface area contributed by atoms with Crippen LogP contribution in [0.5, 0.6) is 0 Å². The maximum Gasteiger partial charge on any atom is 0.0443 e. The highest BCUT2D eigenvalue weighted by Crippen LogP contribution is 2.26. The van der Waals surface area contributed by atoms with Crippen LogP contribution in [0.2, 0.25) is 0 Å². The van der Waals surface area contributed by atoms with Crippen molar-refractivity contribution < 1.29 is 0 Å².